The molecular weight excluding hydrogens is 228 g/mol. The first-order valence-corrected chi connectivity index (χ1v) is 7.27. The Bertz CT molecular complexity index is 261. The van der Waals surface area contributed by atoms with E-state index in [2.05, 4.69) is 4.72 Å². The van der Waals surface area contributed by atoms with Crippen molar-refractivity contribution < 1.29 is 13.5 Å². The van der Waals surface area contributed by atoms with Gasteiger partial charge in [0, 0.05) is 26.2 Å². The molecule has 0 aromatic carbocycles. The first kappa shape index (κ1) is 15.8. The molecule has 0 fully saturated rings. The third-order valence-electron chi connectivity index (χ3n) is 2.21. The van der Waals surface area contributed by atoms with Gasteiger partial charge in [-0.2, -0.15) is 12.7 Å². The summed E-state index contributed by atoms with van der Waals surface area (Å²) in [6.07, 6.45) is 1.60. The van der Waals surface area contributed by atoms with Crippen LogP contribution in [0.15, 0.2) is 0 Å². The maximum atomic E-state index is 11.9. The van der Waals surface area contributed by atoms with Crippen LogP contribution in [0.25, 0.3) is 0 Å². The molecule has 0 amide bonds. The minimum Gasteiger partial charge on any atom is -0.396 e. The Balaban J connectivity index is 4.35. The molecule has 0 radical (unpaired) electrons. The second-order valence-electron chi connectivity index (χ2n) is 4.04. The lowest BCUT2D eigenvalue weighted by molar-refractivity contribution is 0.238. The predicted octanol–water partition coefficient (Wildman–Crippen LogP) is 0.571. The third kappa shape index (κ3) is 5.79. The fourth-order valence-electron chi connectivity index (χ4n) is 1.25. The van der Waals surface area contributed by atoms with E-state index < -0.39 is 10.2 Å². The van der Waals surface area contributed by atoms with Gasteiger partial charge in [0.2, 0.25) is 0 Å². The SMILES string of the molecule is CCCN(CCC)S(=O)(=O)NCC(C)CO. The summed E-state index contributed by atoms with van der Waals surface area (Å²) in [5.41, 5.74) is 0. The van der Waals surface area contributed by atoms with E-state index in [1.165, 1.54) is 4.31 Å². The number of hydrogen-bond donors (Lipinski definition) is 2. The van der Waals surface area contributed by atoms with Gasteiger partial charge in [-0.1, -0.05) is 20.8 Å². The van der Waals surface area contributed by atoms with Crippen LogP contribution < -0.4 is 4.72 Å². The average Bonchev–Trinajstić information content (AvgIpc) is 2.25. The summed E-state index contributed by atoms with van der Waals surface area (Å²) in [6, 6.07) is 0. The van der Waals surface area contributed by atoms with Crippen LogP contribution in [0.4, 0.5) is 0 Å². The number of nitrogens with zero attached hydrogens (tertiary/aromatic N) is 1. The molecule has 0 aliphatic heterocycles. The summed E-state index contributed by atoms with van der Waals surface area (Å²) < 4.78 is 27.7. The molecule has 0 aromatic heterocycles. The van der Waals surface area contributed by atoms with Crippen molar-refractivity contribution in [3.05, 3.63) is 0 Å². The molecule has 0 bridgehead atoms. The van der Waals surface area contributed by atoms with Crippen LogP contribution in [0, 0.1) is 5.92 Å². The van der Waals surface area contributed by atoms with Crippen molar-refractivity contribution in [2.24, 2.45) is 5.92 Å². The van der Waals surface area contributed by atoms with Gasteiger partial charge in [-0.3, -0.25) is 0 Å². The number of hydrogen-bond acceptors (Lipinski definition) is 3. The van der Waals surface area contributed by atoms with Crippen molar-refractivity contribution in [1.82, 2.24) is 9.03 Å². The molecule has 1 atom stereocenters. The highest BCUT2D eigenvalue weighted by Crippen LogP contribution is 2.02. The monoisotopic (exact) mass is 252 g/mol. The number of aliphatic hydroxyl groups is 1. The molecule has 0 saturated carbocycles. The van der Waals surface area contributed by atoms with Gasteiger partial charge in [0.1, 0.15) is 0 Å². The van der Waals surface area contributed by atoms with Crippen LogP contribution in [-0.2, 0) is 10.2 Å². The van der Waals surface area contributed by atoms with Gasteiger partial charge in [0.15, 0.2) is 0 Å². The largest absolute Gasteiger partial charge is 0.396 e. The fraction of sp³-hybridized carbons (Fsp3) is 1.00. The summed E-state index contributed by atoms with van der Waals surface area (Å²) in [4.78, 5) is 0. The minimum absolute atomic E-state index is 0.00985. The Morgan fingerprint density at radius 1 is 1.25 bits per heavy atom. The molecule has 0 aromatic rings. The summed E-state index contributed by atoms with van der Waals surface area (Å²) in [5, 5.41) is 8.83. The summed E-state index contributed by atoms with van der Waals surface area (Å²) in [5.74, 6) is -0.0557. The standard InChI is InChI=1S/C10H24N2O3S/c1-4-6-12(7-5-2)16(14,15)11-8-10(3)9-13/h10-11,13H,4-9H2,1-3H3. The van der Waals surface area contributed by atoms with Gasteiger partial charge < -0.3 is 5.11 Å². The lowest BCUT2D eigenvalue weighted by Gasteiger charge is -2.22. The highest BCUT2D eigenvalue weighted by Gasteiger charge is 2.20. The van der Waals surface area contributed by atoms with Crippen LogP contribution in [-0.4, -0.2) is 44.1 Å². The van der Waals surface area contributed by atoms with Crippen molar-refractivity contribution in [1.29, 1.82) is 0 Å². The second-order valence-corrected chi connectivity index (χ2v) is 5.80. The molecule has 6 heteroatoms. The highest BCUT2D eigenvalue weighted by atomic mass is 32.2. The zero-order chi connectivity index (χ0) is 12.6. The summed E-state index contributed by atoms with van der Waals surface area (Å²) >= 11 is 0. The van der Waals surface area contributed by atoms with Gasteiger partial charge >= 0.3 is 0 Å². The Labute approximate surface area is 99.0 Å². The first-order valence-electron chi connectivity index (χ1n) is 5.83. The maximum Gasteiger partial charge on any atom is 0.279 e. The lowest BCUT2D eigenvalue weighted by atomic mass is 10.2. The van der Waals surface area contributed by atoms with E-state index in [0.717, 1.165) is 12.8 Å². The normalized spacial score (nSPS) is 14.3. The minimum atomic E-state index is -3.38. The van der Waals surface area contributed by atoms with E-state index in [1.54, 1.807) is 6.92 Å². The van der Waals surface area contributed by atoms with Crippen LogP contribution in [0.3, 0.4) is 0 Å². The third-order valence-corrected chi connectivity index (χ3v) is 3.79. The van der Waals surface area contributed by atoms with Gasteiger partial charge in [-0.05, 0) is 18.8 Å². The molecule has 5 nitrogen and oxygen atoms in total. The highest BCUT2D eigenvalue weighted by molar-refractivity contribution is 7.87. The van der Waals surface area contributed by atoms with Crippen molar-refractivity contribution in [3.63, 3.8) is 0 Å². The maximum absolute atomic E-state index is 11.9. The van der Waals surface area contributed by atoms with E-state index in [-0.39, 0.29) is 19.1 Å². The lowest BCUT2D eigenvalue weighted by Crippen LogP contribution is -2.43. The number of rotatable bonds is 9. The molecule has 2 N–H and O–H groups in total. The van der Waals surface area contributed by atoms with E-state index >= 15 is 0 Å². The van der Waals surface area contributed by atoms with Crippen LogP contribution >= 0.6 is 0 Å². The summed E-state index contributed by atoms with van der Waals surface area (Å²) in [6.45, 7) is 7.05. The molecule has 0 heterocycles. The second kappa shape index (κ2) is 8.00. The van der Waals surface area contributed by atoms with E-state index in [9.17, 15) is 8.42 Å². The molecule has 0 spiro atoms. The molecule has 0 aliphatic carbocycles. The number of aliphatic hydroxyl groups excluding tert-OH is 1. The van der Waals surface area contributed by atoms with Crippen molar-refractivity contribution in [2.75, 3.05) is 26.2 Å². The molecule has 1 unspecified atom stereocenters. The van der Waals surface area contributed by atoms with Crippen LogP contribution in [0.5, 0.6) is 0 Å². The molecule has 16 heavy (non-hydrogen) atoms. The van der Waals surface area contributed by atoms with Crippen molar-refractivity contribution in [3.8, 4) is 0 Å². The zero-order valence-corrected chi connectivity index (χ0v) is 11.3. The van der Waals surface area contributed by atoms with Gasteiger partial charge in [-0.25, -0.2) is 4.72 Å². The topological polar surface area (TPSA) is 69.6 Å². The Kier molecular flexibility index (Phi) is 7.91. The first-order chi connectivity index (χ1) is 7.47. The Morgan fingerprint density at radius 3 is 2.12 bits per heavy atom. The summed E-state index contributed by atoms with van der Waals surface area (Å²) in [7, 11) is -3.38. The van der Waals surface area contributed by atoms with Gasteiger partial charge in [-0.15, -0.1) is 0 Å². The van der Waals surface area contributed by atoms with Crippen LogP contribution in [0.2, 0.25) is 0 Å². The Morgan fingerprint density at radius 2 is 1.75 bits per heavy atom. The van der Waals surface area contributed by atoms with Crippen molar-refractivity contribution >= 4 is 10.2 Å². The van der Waals surface area contributed by atoms with Gasteiger partial charge in [0.25, 0.3) is 10.2 Å². The van der Waals surface area contributed by atoms with Crippen LogP contribution in [0.1, 0.15) is 33.6 Å². The molecular formula is C10H24N2O3S. The quantitative estimate of drug-likeness (QED) is 0.630. The number of nitrogens with one attached hydrogen (secondary N) is 1. The Hall–Kier alpha value is -0.170. The molecule has 0 aliphatic rings. The van der Waals surface area contributed by atoms with Crippen molar-refractivity contribution in [2.45, 2.75) is 33.6 Å². The fourth-order valence-corrected chi connectivity index (χ4v) is 2.78. The van der Waals surface area contributed by atoms with Gasteiger partial charge in [0.05, 0.1) is 0 Å². The predicted molar refractivity (Wildman–Crippen MR) is 65.3 cm³/mol. The molecule has 0 saturated heterocycles. The zero-order valence-electron chi connectivity index (χ0n) is 10.4. The molecule has 98 valence electrons. The molecule has 0 rings (SSSR count). The van der Waals surface area contributed by atoms with E-state index in [0.29, 0.717) is 13.1 Å². The average molecular weight is 252 g/mol. The van der Waals surface area contributed by atoms with E-state index in [1.807, 2.05) is 13.8 Å². The smallest absolute Gasteiger partial charge is 0.279 e. The van der Waals surface area contributed by atoms with E-state index in [4.69, 9.17) is 5.11 Å².